The molecule has 2 aromatic carbocycles. The SMILES string of the molecule is CN(C)CCNCc1cn(Cc2c(Cl)cccc2Cl)c2ccccc12. The molecular formula is C20H23Cl2N3. The number of benzene rings is 2. The molecule has 0 aliphatic carbocycles. The minimum Gasteiger partial charge on any atom is -0.343 e. The predicted octanol–water partition coefficient (Wildman–Crippen LogP) is 4.65. The van der Waals surface area contributed by atoms with Crippen LogP contribution in [0.5, 0.6) is 0 Å². The number of likely N-dealkylation sites (N-methyl/N-ethyl adjacent to an activating group) is 1. The number of nitrogens with zero attached hydrogens (tertiary/aromatic N) is 2. The van der Waals surface area contributed by atoms with E-state index in [9.17, 15) is 0 Å². The molecule has 0 aliphatic rings. The Bertz CT molecular complexity index is 835. The van der Waals surface area contributed by atoms with Crippen LogP contribution in [0.25, 0.3) is 10.9 Å². The van der Waals surface area contributed by atoms with E-state index in [2.05, 4.69) is 59.3 Å². The summed E-state index contributed by atoms with van der Waals surface area (Å²) in [4.78, 5) is 2.18. The van der Waals surface area contributed by atoms with Crippen molar-refractivity contribution >= 4 is 34.1 Å². The summed E-state index contributed by atoms with van der Waals surface area (Å²) in [6.45, 7) is 3.49. The van der Waals surface area contributed by atoms with Gasteiger partial charge in [0.2, 0.25) is 0 Å². The molecule has 1 heterocycles. The van der Waals surface area contributed by atoms with Gasteiger partial charge in [0.1, 0.15) is 0 Å². The zero-order chi connectivity index (χ0) is 17.8. The Morgan fingerprint density at radius 3 is 2.44 bits per heavy atom. The largest absolute Gasteiger partial charge is 0.343 e. The lowest BCUT2D eigenvalue weighted by atomic mass is 10.2. The Kier molecular flexibility index (Phi) is 6.02. The number of hydrogen-bond donors (Lipinski definition) is 1. The summed E-state index contributed by atoms with van der Waals surface area (Å²) < 4.78 is 2.23. The molecule has 0 bridgehead atoms. The van der Waals surface area contributed by atoms with Gasteiger partial charge in [-0.2, -0.15) is 0 Å². The highest BCUT2D eigenvalue weighted by molar-refractivity contribution is 6.36. The normalized spacial score (nSPS) is 11.6. The second-order valence-electron chi connectivity index (χ2n) is 6.48. The van der Waals surface area contributed by atoms with Crippen molar-refractivity contribution in [2.24, 2.45) is 0 Å². The lowest BCUT2D eigenvalue weighted by Crippen LogP contribution is -2.26. The molecule has 0 saturated heterocycles. The van der Waals surface area contributed by atoms with Crippen LogP contribution in [0.4, 0.5) is 0 Å². The molecule has 1 N–H and O–H groups in total. The first-order chi connectivity index (χ1) is 12.1. The van der Waals surface area contributed by atoms with Crippen LogP contribution in [-0.2, 0) is 13.1 Å². The first-order valence-corrected chi connectivity index (χ1v) is 9.17. The molecule has 1 aromatic heterocycles. The standard InChI is InChI=1S/C20H23Cl2N3/c1-24(2)11-10-23-12-15-13-25(20-9-4-3-6-16(15)20)14-17-18(21)7-5-8-19(17)22/h3-9,13,23H,10-12,14H2,1-2H3. The maximum Gasteiger partial charge on any atom is 0.0505 e. The molecule has 0 unspecified atom stereocenters. The number of para-hydroxylation sites is 1. The highest BCUT2D eigenvalue weighted by Gasteiger charge is 2.11. The van der Waals surface area contributed by atoms with E-state index in [1.54, 1.807) is 0 Å². The molecule has 0 aliphatic heterocycles. The fraction of sp³-hybridized carbons (Fsp3) is 0.300. The third-order valence-corrected chi connectivity index (χ3v) is 5.02. The van der Waals surface area contributed by atoms with E-state index in [4.69, 9.17) is 23.2 Å². The van der Waals surface area contributed by atoms with Crippen LogP contribution in [0.2, 0.25) is 10.0 Å². The average Bonchev–Trinajstić information content (AvgIpc) is 2.93. The lowest BCUT2D eigenvalue weighted by molar-refractivity contribution is 0.400. The average molecular weight is 376 g/mol. The van der Waals surface area contributed by atoms with E-state index in [1.165, 1.54) is 16.5 Å². The molecule has 25 heavy (non-hydrogen) atoms. The molecule has 3 aromatic rings. The molecule has 0 spiro atoms. The maximum absolute atomic E-state index is 6.35. The van der Waals surface area contributed by atoms with Gasteiger partial charge in [0.05, 0.1) is 6.54 Å². The molecular weight excluding hydrogens is 353 g/mol. The highest BCUT2D eigenvalue weighted by Crippen LogP contribution is 2.28. The van der Waals surface area contributed by atoms with Crippen molar-refractivity contribution in [3.8, 4) is 0 Å². The van der Waals surface area contributed by atoms with Gasteiger partial charge in [-0.1, -0.05) is 47.5 Å². The van der Waals surface area contributed by atoms with E-state index >= 15 is 0 Å². The third kappa shape index (κ3) is 4.36. The molecule has 0 amide bonds. The van der Waals surface area contributed by atoms with E-state index in [-0.39, 0.29) is 0 Å². The van der Waals surface area contributed by atoms with Gasteiger partial charge >= 0.3 is 0 Å². The van der Waals surface area contributed by atoms with E-state index < -0.39 is 0 Å². The molecule has 132 valence electrons. The van der Waals surface area contributed by atoms with Gasteiger partial charge in [0, 0.05) is 52.3 Å². The summed E-state index contributed by atoms with van der Waals surface area (Å²) in [7, 11) is 4.17. The van der Waals surface area contributed by atoms with Crippen LogP contribution in [0.3, 0.4) is 0 Å². The number of nitrogens with one attached hydrogen (secondary N) is 1. The fourth-order valence-corrected chi connectivity index (χ4v) is 3.49. The van der Waals surface area contributed by atoms with Gasteiger partial charge < -0.3 is 14.8 Å². The smallest absolute Gasteiger partial charge is 0.0505 e. The van der Waals surface area contributed by atoms with Gasteiger partial charge in [0.25, 0.3) is 0 Å². The Hall–Kier alpha value is -1.52. The van der Waals surface area contributed by atoms with Crippen molar-refractivity contribution in [1.29, 1.82) is 0 Å². The molecule has 5 heteroatoms. The van der Waals surface area contributed by atoms with Crippen molar-refractivity contribution in [2.75, 3.05) is 27.2 Å². The van der Waals surface area contributed by atoms with E-state index in [1.807, 2.05) is 18.2 Å². The van der Waals surface area contributed by atoms with Crippen LogP contribution in [0, 0.1) is 0 Å². The third-order valence-electron chi connectivity index (χ3n) is 4.31. The predicted molar refractivity (Wildman–Crippen MR) is 108 cm³/mol. The maximum atomic E-state index is 6.35. The van der Waals surface area contributed by atoms with Crippen molar-refractivity contribution in [2.45, 2.75) is 13.1 Å². The summed E-state index contributed by atoms with van der Waals surface area (Å²) >= 11 is 12.7. The first-order valence-electron chi connectivity index (χ1n) is 8.41. The van der Waals surface area contributed by atoms with Crippen LogP contribution in [0.15, 0.2) is 48.7 Å². The van der Waals surface area contributed by atoms with Crippen LogP contribution in [-0.4, -0.2) is 36.7 Å². The monoisotopic (exact) mass is 375 g/mol. The Morgan fingerprint density at radius 2 is 1.72 bits per heavy atom. The Balaban J connectivity index is 1.86. The number of halogens is 2. The molecule has 0 atom stereocenters. The number of fused-ring (bicyclic) bond motifs is 1. The molecule has 0 saturated carbocycles. The van der Waals surface area contributed by atoms with Gasteiger partial charge in [-0.3, -0.25) is 0 Å². The van der Waals surface area contributed by atoms with Gasteiger partial charge in [0.15, 0.2) is 0 Å². The van der Waals surface area contributed by atoms with Crippen LogP contribution < -0.4 is 5.32 Å². The summed E-state index contributed by atoms with van der Waals surface area (Å²) in [6, 6.07) is 14.1. The van der Waals surface area contributed by atoms with Gasteiger partial charge in [-0.05, 0) is 37.9 Å². The van der Waals surface area contributed by atoms with Crippen LogP contribution >= 0.6 is 23.2 Å². The second-order valence-corrected chi connectivity index (χ2v) is 7.29. The quantitative estimate of drug-likeness (QED) is 0.606. The van der Waals surface area contributed by atoms with Crippen molar-refractivity contribution in [3.05, 3.63) is 69.8 Å². The first kappa shape index (κ1) is 18.3. The number of aromatic nitrogens is 1. The van der Waals surface area contributed by atoms with Crippen molar-refractivity contribution in [3.63, 3.8) is 0 Å². The minimum absolute atomic E-state index is 0.663. The number of hydrogen-bond acceptors (Lipinski definition) is 2. The number of rotatable bonds is 7. The topological polar surface area (TPSA) is 20.2 Å². The van der Waals surface area contributed by atoms with Crippen molar-refractivity contribution < 1.29 is 0 Å². The molecule has 3 nitrogen and oxygen atoms in total. The molecule has 0 fully saturated rings. The molecule has 3 rings (SSSR count). The van der Waals surface area contributed by atoms with Gasteiger partial charge in [-0.15, -0.1) is 0 Å². The Morgan fingerprint density at radius 1 is 1.00 bits per heavy atom. The molecule has 0 radical (unpaired) electrons. The minimum atomic E-state index is 0.663. The lowest BCUT2D eigenvalue weighted by Gasteiger charge is -2.10. The Labute approximate surface area is 159 Å². The van der Waals surface area contributed by atoms with E-state index in [0.717, 1.165) is 25.2 Å². The van der Waals surface area contributed by atoms with Crippen LogP contribution in [0.1, 0.15) is 11.1 Å². The zero-order valence-electron chi connectivity index (χ0n) is 14.6. The summed E-state index contributed by atoms with van der Waals surface area (Å²) in [5.41, 5.74) is 3.44. The fourth-order valence-electron chi connectivity index (χ4n) is 2.97. The van der Waals surface area contributed by atoms with Gasteiger partial charge in [-0.25, -0.2) is 0 Å². The highest BCUT2D eigenvalue weighted by atomic mass is 35.5. The summed E-state index contributed by atoms with van der Waals surface area (Å²) in [5.74, 6) is 0. The summed E-state index contributed by atoms with van der Waals surface area (Å²) in [5, 5.41) is 6.19. The second kappa shape index (κ2) is 8.24. The zero-order valence-corrected chi connectivity index (χ0v) is 16.1. The van der Waals surface area contributed by atoms with E-state index in [0.29, 0.717) is 16.6 Å². The van der Waals surface area contributed by atoms with Crippen molar-refractivity contribution in [1.82, 2.24) is 14.8 Å². The summed E-state index contributed by atoms with van der Waals surface area (Å²) in [6.07, 6.45) is 2.20.